The fourth-order valence-electron chi connectivity index (χ4n) is 14.1. The molecular formula is C48H80O20. The van der Waals surface area contributed by atoms with Gasteiger partial charge in [-0.3, -0.25) is 0 Å². The summed E-state index contributed by atoms with van der Waals surface area (Å²) in [4.78, 5) is 0. The van der Waals surface area contributed by atoms with Crippen LogP contribution in [0.5, 0.6) is 0 Å². The molecule has 4 aliphatic carbocycles. The molecule has 8 aliphatic rings. The van der Waals surface area contributed by atoms with Crippen LogP contribution in [0.1, 0.15) is 92.9 Å². The van der Waals surface area contributed by atoms with Gasteiger partial charge in [-0.05, 0) is 83.5 Å². The zero-order chi connectivity index (χ0) is 49.4. The molecule has 4 aliphatic heterocycles. The van der Waals surface area contributed by atoms with Crippen LogP contribution in [0, 0.1) is 28.6 Å². The van der Waals surface area contributed by atoms with Gasteiger partial charge in [0.1, 0.15) is 54.9 Å². The van der Waals surface area contributed by atoms with E-state index in [2.05, 4.69) is 13.0 Å². The van der Waals surface area contributed by atoms with Gasteiger partial charge < -0.3 is 98.1 Å². The second kappa shape index (κ2) is 20.7. The lowest BCUT2D eigenvalue weighted by Crippen LogP contribution is -2.71. The van der Waals surface area contributed by atoms with Crippen molar-refractivity contribution in [2.24, 2.45) is 28.6 Å². The predicted octanol–water partition coefficient (Wildman–Crippen LogP) is -0.236. The van der Waals surface area contributed by atoms with Crippen molar-refractivity contribution in [1.82, 2.24) is 0 Å². The summed E-state index contributed by atoms with van der Waals surface area (Å²) in [5.41, 5.74) is -1.54. The normalized spacial score (nSPS) is 54.6. The molecule has 3 saturated carbocycles. The van der Waals surface area contributed by atoms with E-state index in [4.69, 9.17) is 52.1 Å². The van der Waals surface area contributed by atoms with Crippen LogP contribution < -0.4 is 0 Å². The summed E-state index contributed by atoms with van der Waals surface area (Å²) in [7, 11) is 4.54. The van der Waals surface area contributed by atoms with Crippen molar-refractivity contribution >= 4 is 0 Å². The molecule has 0 bridgehead atoms. The minimum Gasteiger partial charge on any atom is -0.394 e. The first-order chi connectivity index (χ1) is 32.2. The summed E-state index contributed by atoms with van der Waals surface area (Å²) in [6, 6.07) is 0. The first kappa shape index (κ1) is 53.2. The maximum atomic E-state index is 12.4. The molecule has 4 heterocycles. The number of hydrogen-bond acceptors (Lipinski definition) is 20. The highest BCUT2D eigenvalue weighted by atomic mass is 16.8. The highest BCUT2D eigenvalue weighted by Crippen LogP contribution is 2.68. The molecule has 392 valence electrons. The van der Waals surface area contributed by atoms with Gasteiger partial charge in [-0.1, -0.05) is 25.5 Å². The Balaban J connectivity index is 0.854. The maximum Gasteiger partial charge on any atom is 0.187 e. The molecule has 7 fully saturated rings. The number of methoxy groups -OCH3 is 3. The van der Waals surface area contributed by atoms with Crippen molar-refractivity contribution in [2.45, 2.75) is 234 Å². The van der Waals surface area contributed by atoms with E-state index in [0.717, 1.165) is 5.57 Å². The highest BCUT2D eigenvalue weighted by Gasteiger charge is 2.73. The van der Waals surface area contributed by atoms with Gasteiger partial charge in [-0.2, -0.15) is 0 Å². The Morgan fingerprint density at radius 3 is 1.87 bits per heavy atom. The monoisotopic (exact) mass is 977 g/mol. The van der Waals surface area contributed by atoms with Crippen LogP contribution in [0.3, 0.4) is 0 Å². The van der Waals surface area contributed by atoms with Crippen molar-refractivity contribution in [1.29, 1.82) is 0 Å². The second-order valence-electron chi connectivity index (χ2n) is 21.5. The molecule has 68 heavy (non-hydrogen) atoms. The molecule has 0 aromatic carbocycles. The molecule has 0 aromatic heterocycles. The van der Waals surface area contributed by atoms with Gasteiger partial charge in [-0.25, -0.2) is 0 Å². The van der Waals surface area contributed by atoms with Crippen LogP contribution in [-0.4, -0.2) is 215 Å². The average Bonchev–Trinajstić information content (AvgIpc) is 3.60. The van der Waals surface area contributed by atoms with Gasteiger partial charge >= 0.3 is 0 Å². The summed E-state index contributed by atoms with van der Waals surface area (Å²) in [5.74, 6) is -0.925. The van der Waals surface area contributed by atoms with Gasteiger partial charge in [-0.15, -0.1) is 0 Å². The lowest BCUT2D eigenvalue weighted by Gasteiger charge is -2.64. The zero-order valence-electron chi connectivity index (χ0n) is 40.9. The highest BCUT2D eigenvalue weighted by molar-refractivity contribution is 5.31. The Bertz CT molecular complexity index is 1720. The Labute approximate surface area is 399 Å². The second-order valence-corrected chi connectivity index (χ2v) is 21.5. The Hall–Kier alpha value is -1.06. The van der Waals surface area contributed by atoms with Crippen LogP contribution in [0.2, 0.25) is 0 Å². The largest absolute Gasteiger partial charge is 0.394 e. The van der Waals surface area contributed by atoms with E-state index in [1.807, 2.05) is 13.8 Å². The molecule has 0 aromatic rings. The van der Waals surface area contributed by atoms with Gasteiger partial charge in [0.2, 0.25) is 0 Å². The average molecular weight is 977 g/mol. The number of rotatable bonds is 13. The topological polar surface area (TPSA) is 284 Å². The molecule has 0 spiro atoms. The number of aliphatic hydroxyl groups is 9. The summed E-state index contributed by atoms with van der Waals surface area (Å²) in [6.07, 6.45) is -14.3. The Morgan fingerprint density at radius 1 is 0.676 bits per heavy atom. The fourth-order valence-corrected chi connectivity index (χ4v) is 14.1. The minimum absolute atomic E-state index is 0.167. The third kappa shape index (κ3) is 9.09. The van der Waals surface area contributed by atoms with Crippen LogP contribution in [-0.2, 0) is 52.1 Å². The number of hydrogen-bond donors (Lipinski definition) is 9. The molecule has 0 radical (unpaired) electrons. The summed E-state index contributed by atoms with van der Waals surface area (Å²) >= 11 is 0. The zero-order valence-corrected chi connectivity index (χ0v) is 40.9. The van der Waals surface area contributed by atoms with Gasteiger partial charge in [0, 0.05) is 45.5 Å². The molecule has 0 amide bonds. The van der Waals surface area contributed by atoms with E-state index in [1.165, 1.54) is 7.11 Å². The van der Waals surface area contributed by atoms with Crippen molar-refractivity contribution in [2.75, 3.05) is 27.9 Å². The van der Waals surface area contributed by atoms with E-state index >= 15 is 0 Å². The SMILES string of the molecule is COC1CC(OC2CCC3(C)C(=CCC4C3C(O)C(O)C3(C)C(C(C)O)CCC43O)C2)OC(C)C1OC1CC(OC)C(OC2OC(C)C(OC3OC(CO)C(O)C(O)C3O)C(OC)C2O)C(C)O1. The Morgan fingerprint density at radius 2 is 1.26 bits per heavy atom. The quantitative estimate of drug-likeness (QED) is 0.108. The third-order valence-corrected chi connectivity index (χ3v) is 17.9. The van der Waals surface area contributed by atoms with E-state index in [0.29, 0.717) is 44.9 Å². The molecule has 9 N–H and O–H groups in total. The summed E-state index contributed by atoms with van der Waals surface area (Å²) in [6.45, 7) is 10.4. The number of aliphatic hydroxyl groups excluding tert-OH is 8. The van der Waals surface area contributed by atoms with Crippen molar-refractivity contribution in [3.63, 3.8) is 0 Å². The smallest absolute Gasteiger partial charge is 0.187 e. The number of fused-ring (bicyclic) bond motifs is 5. The van der Waals surface area contributed by atoms with Gasteiger partial charge in [0.05, 0.1) is 67.1 Å². The van der Waals surface area contributed by atoms with Gasteiger partial charge in [0.25, 0.3) is 0 Å². The molecule has 28 unspecified atom stereocenters. The molecule has 8 rings (SSSR count). The molecule has 20 nitrogen and oxygen atoms in total. The first-order valence-corrected chi connectivity index (χ1v) is 24.8. The molecule has 4 saturated heterocycles. The Kier molecular flexibility index (Phi) is 16.2. The standard InChI is InChI=1S/C48H80O20/c1-20(50)26-13-15-48(57)27-11-10-24-16-25(12-14-46(24,5)33(27)35(52)43(56)47(26,48)6)64-31-17-28(58-7)39(21(2)61-31)66-32-18-29(59-8)40(22(3)62-32)67-45-38(55)42(60-9)41(23(4)63-45)68-44-37(54)36(53)34(51)30(19-49)65-44/h10,20-23,25-45,49-57H,11-19H2,1-9H3. The third-order valence-electron chi connectivity index (χ3n) is 17.9. The lowest BCUT2D eigenvalue weighted by atomic mass is 9.44. The molecule has 28 atom stereocenters. The molecule has 20 heteroatoms. The maximum absolute atomic E-state index is 12.4. The van der Waals surface area contributed by atoms with Crippen LogP contribution in [0.15, 0.2) is 11.6 Å². The van der Waals surface area contributed by atoms with Crippen LogP contribution >= 0.6 is 0 Å². The minimum atomic E-state index is -1.67. The van der Waals surface area contributed by atoms with Crippen molar-refractivity contribution in [3.05, 3.63) is 11.6 Å². The number of allylic oxidation sites excluding steroid dienone is 1. The van der Waals surface area contributed by atoms with E-state index in [1.54, 1.807) is 35.0 Å². The van der Waals surface area contributed by atoms with E-state index in [-0.39, 0.29) is 30.3 Å². The first-order valence-electron chi connectivity index (χ1n) is 24.8. The fraction of sp³-hybridized carbons (Fsp3) is 0.958. The summed E-state index contributed by atoms with van der Waals surface area (Å²) in [5, 5.41) is 98.9. The van der Waals surface area contributed by atoms with Gasteiger partial charge in [0.15, 0.2) is 25.2 Å². The number of ether oxygens (including phenoxy) is 11. The van der Waals surface area contributed by atoms with Crippen molar-refractivity contribution in [3.8, 4) is 0 Å². The van der Waals surface area contributed by atoms with E-state index in [9.17, 15) is 46.0 Å². The summed E-state index contributed by atoms with van der Waals surface area (Å²) < 4.78 is 67.7. The lowest BCUT2D eigenvalue weighted by molar-refractivity contribution is -0.373. The van der Waals surface area contributed by atoms with Crippen molar-refractivity contribution < 1.29 is 98.1 Å². The van der Waals surface area contributed by atoms with Crippen LogP contribution in [0.25, 0.3) is 0 Å². The molecular weight excluding hydrogens is 897 g/mol. The van der Waals surface area contributed by atoms with E-state index < -0.39 is 152 Å². The predicted molar refractivity (Wildman–Crippen MR) is 235 cm³/mol. The van der Waals surface area contributed by atoms with Crippen LogP contribution in [0.4, 0.5) is 0 Å².